The van der Waals surface area contributed by atoms with E-state index >= 15 is 0 Å². The fourth-order valence-corrected chi connectivity index (χ4v) is 2.93. The highest BCUT2D eigenvalue weighted by atomic mass is 32.2. The largest absolute Gasteiger partial charge is 0.379 e. The van der Waals surface area contributed by atoms with Crippen LogP contribution in [-0.2, 0) is 10.2 Å². The second-order valence-corrected chi connectivity index (χ2v) is 7.30. The number of rotatable bonds is 4. The molecule has 2 rings (SSSR count). The highest BCUT2D eigenvalue weighted by molar-refractivity contribution is 8.00. The molecule has 1 aromatic carbocycles. The van der Waals surface area contributed by atoms with E-state index in [4.69, 9.17) is 10.5 Å². The third-order valence-corrected chi connectivity index (χ3v) is 4.62. The van der Waals surface area contributed by atoms with Crippen molar-refractivity contribution in [1.82, 2.24) is 0 Å². The van der Waals surface area contributed by atoms with Crippen molar-refractivity contribution >= 4 is 11.8 Å². The van der Waals surface area contributed by atoms with Gasteiger partial charge < -0.3 is 10.5 Å². The molecule has 1 aromatic rings. The molecule has 18 heavy (non-hydrogen) atoms. The van der Waals surface area contributed by atoms with E-state index in [1.807, 2.05) is 11.8 Å². The first-order chi connectivity index (χ1) is 8.47. The molecular formula is C15H23NOS. The second kappa shape index (κ2) is 5.64. The molecule has 1 unspecified atom stereocenters. The first-order valence-corrected chi connectivity index (χ1v) is 7.57. The molecule has 0 aromatic heterocycles. The molecule has 1 atom stereocenters. The third kappa shape index (κ3) is 3.50. The van der Waals surface area contributed by atoms with E-state index in [2.05, 4.69) is 45.0 Å². The molecule has 2 nitrogen and oxygen atoms in total. The first kappa shape index (κ1) is 13.9. The van der Waals surface area contributed by atoms with Crippen LogP contribution < -0.4 is 5.73 Å². The maximum absolute atomic E-state index is 6.22. The Bertz CT molecular complexity index is 378. The van der Waals surface area contributed by atoms with E-state index in [1.165, 1.54) is 11.1 Å². The minimum Gasteiger partial charge on any atom is -0.379 e. The molecule has 1 aliphatic heterocycles. The van der Waals surface area contributed by atoms with Gasteiger partial charge in [0.25, 0.3) is 0 Å². The lowest BCUT2D eigenvalue weighted by atomic mass is 9.86. The Balaban J connectivity index is 1.91. The van der Waals surface area contributed by atoms with Gasteiger partial charge in [0.15, 0.2) is 0 Å². The Hall–Kier alpha value is -0.510. The number of hydrogen-bond donors (Lipinski definition) is 1. The van der Waals surface area contributed by atoms with Gasteiger partial charge in [-0.25, -0.2) is 0 Å². The second-order valence-electron chi connectivity index (χ2n) is 5.97. The van der Waals surface area contributed by atoms with Crippen molar-refractivity contribution in [2.24, 2.45) is 5.73 Å². The van der Waals surface area contributed by atoms with Gasteiger partial charge in [0.05, 0.1) is 18.5 Å². The summed E-state index contributed by atoms with van der Waals surface area (Å²) in [5, 5.41) is 0.657. The maximum Gasteiger partial charge on any atom is 0.0607 e. The summed E-state index contributed by atoms with van der Waals surface area (Å²) in [6.07, 6.45) is 0. The van der Waals surface area contributed by atoms with Gasteiger partial charge in [-0.2, -0.15) is 11.8 Å². The summed E-state index contributed by atoms with van der Waals surface area (Å²) in [5.74, 6) is 0.975. The number of hydrogen-bond acceptors (Lipinski definition) is 3. The van der Waals surface area contributed by atoms with Crippen molar-refractivity contribution < 1.29 is 4.74 Å². The number of ether oxygens (including phenoxy) is 1. The minimum atomic E-state index is 0.129. The molecule has 1 heterocycles. The van der Waals surface area contributed by atoms with Gasteiger partial charge in [-0.3, -0.25) is 0 Å². The average Bonchev–Trinajstić information content (AvgIpc) is 2.26. The monoisotopic (exact) mass is 265 g/mol. The molecule has 1 saturated heterocycles. The first-order valence-electron chi connectivity index (χ1n) is 6.52. The van der Waals surface area contributed by atoms with Crippen molar-refractivity contribution in [3.63, 3.8) is 0 Å². The lowest BCUT2D eigenvalue weighted by Gasteiger charge is -2.26. The third-order valence-electron chi connectivity index (χ3n) is 3.32. The fraction of sp³-hybridized carbons (Fsp3) is 0.600. The Morgan fingerprint density at radius 1 is 1.28 bits per heavy atom. The van der Waals surface area contributed by atoms with Crippen LogP contribution in [0, 0.1) is 0 Å². The SMILES string of the molecule is CC(C)(C)c1ccc(C(N)CSC2COC2)cc1. The summed E-state index contributed by atoms with van der Waals surface area (Å²) in [6.45, 7) is 8.47. The molecule has 0 saturated carbocycles. The van der Waals surface area contributed by atoms with Crippen LogP contribution in [-0.4, -0.2) is 24.2 Å². The molecule has 2 N–H and O–H groups in total. The Kier molecular flexibility index (Phi) is 4.36. The van der Waals surface area contributed by atoms with E-state index in [1.54, 1.807) is 0 Å². The van der Waals surface area contributed by atoms with Crippen LogP contribution in [0.25, 0.3) is 0 Å². The Morgan fingerprint density at radius 2 is 1.89 bits per heavy atom. The van der Waals surface area contributed by atoms with Crippen LogP contribution in [0.2, 0.25) is 0 Å². The molecule has 1 aliphatic rings. The van der Waals surface area contributed by atoms with E-state index in [-0.39, 0.29) is 11.5 Å². The van der Waals surface area contributed by atoms with Gasteiger partial charge in [0.1, 0.15) is 0 Å². The standard InChI is InChI=1S/C15H23NOS/c1-15(2,3)12-6-4-11(5-7-12)14(16)10-18-13-8-17-9-13/h4-7,13-14H,8-10,16H2,1-3H3. The van der Waals surface area contributed by atoms with E-state index < -0.39 is 0 Å². The summed E-state index contributed by atoms with van der Waals surface area (Å²) in [6, 6.07) is 8.87. The van der Waals surface area contributed by atoms with Crippen LogP contribution in [0.15, 0.2) is 24.3 Å². The van der Waals surface area contributed by atoms with Crippen LogP contribution >= 0.6 is 11.8 Å². The van der Waals surface area contributed by atoms with Crippen molar-refractivity contribution in [2.45, 2.75) is 37.5 Å². The fourth-order valence-electron chi connectivity index (χ4n) is 1.88. The molecule has 100 valence electrons. The summed E-state index contributed by atoms with van der Waals surface area (Å²) in [4.78, 5) is 0. The molecule has 0 amide bonds. The summed E-state index contributed by atoms with van der Waals surface area (Å²) >= 11 is 1.93. The van der Waals surface area contributed by atoms with Crippen LogP contribution in [0.5, 0.6) is 0 Å². The predicted molar refractivity (Wildman–Crippen MR) is 79.1 cm³/mol. The van der Waals surface area contributed by atoms with Crippen molar-refractivity contribution in [2.75, 3.05) is 19.0 Å². The molecular weight excluding hydrogens is 242 g/mol. The average molecular weight is 265 g/mol. The molecule has 0 bridgehead atoms. The quantitative estimate of drug-likeness (QED) is 0.908. The predicted octanol–water partition coefficient (Wildman–Crippen LogP) is 3.12. The number of thioether (sulfide) groups is 1. The molecule has 0 aliphatic carbocycles. The number of benzene rings is 1. The number of nitrogens with two attached hydrogens (primary N) is 1. The highest BCUT2D eigenvalue weighted by Gasteiger charge is 2.20. The van der Waals surface area contributed by atoms with Crippen molar-refractivity contribution in [3.05, 3.63) is 35.4 Å². The molecule has 0 radical (unpaired) electrons. The highest BCUT2D eigenvalue weighted by Crippen LogP contribution is 2.26. The van der Waals surface area contributed by atoms with Crippen LogP contribution in [0.1, 0.15) is 37.9 Å². The van der Waals surface area contributed by atoms with Gasteiger partial charge >= 0.3 is 0 Å². The molecule has 0 spiro atoms. The zero-order valence-electron chi connectivity index (χ0n) is 11.5. The van der Waals surface area contributed by atoms with Gasteiger partial charge in [0, 0.05) is 11.8 Å². The molecule has 1 fully saturated rings. The lowest BCUT2D eigenvalue weighted by Crippen LogP contribution is -2.31. The molecule has 3 heteroatoms. The topological polar surface area (TPSA) is 35.2 Å². The summed E-state index contributed by atoms with van der Waals surface area (Å²) in [5.41, 5.74) is 9.02. The van der Waals surface area contributed by atoms with Crippen LogP contribution in [0.3, 0.4) is 0 Å². The Morgan fingerprint density at radius 3 is 2.33 bits per heavy atom. The Labute approximate surface area is 114 Å². The smallest absolute Gasteiger partial charge is 0.0607 e. The van der Waals surface area contributed by atoms with Crippen LogP contribution in [0.4, 0.5) is 0 Å². The maximum atomic E-state index is 6.22. The normalized spacial score (nSPS) is 18.4. The van der Waals surface area contributed by atoms with Gasteiger partial charge in [-0.15, -0.1) is 0 Å². The zero-order valence-corrected chi connectivity index (χ0v) is 12.3. The van der Waals surface area contributed by atoms with E-state index in [0.29, 0.717) is 5.25 Å². The lowest BCUT2D eigenvalue weighted by molar-refractivity contribution is 0.0455. The van der Waals surface area contributed by atoms with E-state index in [9.17, 15) is 0 Å². The van der Waals surface area contributed by atoms with E-state index in [0.717, 1.165) is 19.0 Å². The van der Waals surface area contributed by atoms with Crippen molar-refractivity contribution in [1.29, 1.82) is 0 Å². The van der Waals surface area contributed by atoms with Crippen molar-refractivity contribution in [3.8, 4) is 0 Å². The zero-order chi connectivity index (χ0) is 13.2. The minimum absolute atomic E-state index is 0.129. The van der Waals surface area contributed by atoms with Gasteiger partial charge in [-0.05, 0) is 16.5 Å². The summed E-state index contributed by atoms with van der Waals surface area (Å²) < 4.78 is 5.16. The van der Waals surface area contributed by atoms with Gasteiger partial charge in [0.2, 0.25) is 0 Å². The summed E-state index contributed by atoms with van der Waals surface area (Å²) in [7, 11) is 0. The van der Waals surface area contributed by atoms with Gasteiger partial charge in [-0.1, -0.05) is 45.0 Å².